The molecule has 0 saturated carbocycles. The van der Waals surface area contributed by atoms with Crippen LogP contribution in [0.3, 0.4) is 0 Å². The molecule has 0 heterocycles. The first kappa shape index (κ1) is 15.6. The predicted octanol–water partition coefficient (Wildman–Crippen LogP) is 1.77. The lowest BCUT2D eigenvalue weighted by Crippen LogP contribution is -2.47. The van der Waals surface area contributed by atoms with Crippen molar-refractivity contribution in [2.45, 2.75) is 44.9 Å². The summed E-state index contributed by atoms with van der Waals surface area (Å²) in [5.41, 5.74) is 0. The Bertz CT molecular complexity index is 236. The van der Waals surface area contributed by atoms with E-state index in [1.54, 1.807) is 7.05 Å². The van der Waals surface area contributed by atoms with Crippen molar-refractivity contribution in [2.75, 3.05) is 20.8 Å². The molecule has 0 radical (unpaired) electrons. The average molecular weight is 247 g/mol. The van der Waals surface area contributed by atoms with Crippen molar-refractivity contribution in [1.29, 1.82) is 0 Å². The van der Waals surface area contributed by atoms with Crippen molar-refractivity contribution in [3.63, 3.8) is 0 Å². The number of carbonyl (C=O) groups excluding carboxylic acids is 1. The molecule has 1 atom stereocenters. The quantitative estimate of drug-likeness (QED) is 0.594. The van der Waals surface area contributed by atoms with Gasteiger partial charge in [0.2, 0.25) is 0 Å². The molecule has 0 spiro atoms. The van der Waals surface area contributed by atoms with Gasteiger partial charge in [0.1, 0.15) is 6.04 Å². The first-order valence-electron chi connectivity index (χ1n) is 5.54. The van der Waals surface area contributed by atoms with E-state index in [4.69, 9.17) is 4.43 Å². The fraction of sp³-hybridized carbons (Fsp3) is 0.909. The first-order chi connectivity index (χ1) is 7.15. The second-order valence-corrected chi connectivity index (χ2v) is 10.2. The summed E-state index contributed by atoms with van der Waals surface area (Å²) in [5.74, 6) is -0.277. The fourth-order valence-corrected chi connectivity index (χ4v) is 1.94. The van der Waals surface area contributed by atoms with Gasteiger partial charge in [0, 0.05) is 0 Å². The number of carbonyl (C=O) groups is 1. The standard InChI is InChI=1S/C11H25NO3Si/c1-11(2,3)16(6,7)15-8-9(12-4)10(13)14-5/h9,12H,8H2,1-7H3/t9-/m0/s1. The maximum absolute atomic E-state index is 11.4. The zero-order valence-corrected chi connectivity index (χ0v) is 12.5. The summed E-state index contributed by atoms with van der Waals surface area (Å²) in [5, 5.41) is 3.05. The molecule has 0 aromatic rings. The summed E-state index contributed by atoms with van der Waals surface area (Å²) in [6.45, 7) is 11.2. The lowest BCUT2D eigenvalue weighted by molar-refractivity contribution is -0.143. The minimum Gasteiger partial charge on any atom is -0.468 e. The Kier molecular flexibility index (Phi) is 5.65. The van der Waals surface area contributed by atoms with E-state index in [1.165, 1.54) is 7.11 Å². The molecule has 16 heavy (non-hydrogen) atoms. The predicted molar refractivity (Wildman–Crippen MR) is 68.0 cm³/mol. The van der Waals surface area contributed by atoms with Crippen molar-refractivity contribution >= 4 is 14.3 Å². The van der Waals surface area contributed by atoms with E-state index in [9.17, 15) is 4.79 Å². The summed E-state index contributed by atoms with van der Waals surface area (Å²) in [6, 6.07) is -0.376. The number of hydrogen-bond donors (Lipinski definition) is 1. The van der Waals surface area contributed by atoms with Gasteiger partial charge >= 0.3 is 5.97 Å². The zero-order valence-electron chi connectivity index (χ0n) is 11.5. The van der Waals surface area contributed by atoms with E-state index >= 15 is 0 Å². The van der Waals surface area contributed by atoms with Gasteiger partial charge in [-0.2, -0.15) is 0 Å². The SMILES string of the molecule is CN[C@@H](CO[Si](C)(C)C(C)(C)C)C(=O)OC. The van der Waals surface area contributed by atoms with Gasteiger partial charge in [-0.15, -0.1) is 0 Å². The van der Waals surface area contributed by atoms with Crippen molar-refractivity contribution < 1.29 is 14.0 Å². The Morgan fingerprint density at radius 2 is 1.88 bits per heavy atom. The van der Waals surface area contributed by atoms with E-state index in [-0.39, 0.29) is 17.0 Å². The van der Waals surface area contributed by atoms with Crippen LogP contribution >= 0.6 is 0 Å². The molecule has 0 saturated heterocycles. The number of hydrogen-bond acceptors (Lipinski definition) is 4. The highest BCUT2D eigenvalue weighted by Gasteiger charge is 2.38. The van der Waals surface area contributed by atoms with Crippen molar-refractivity contribution in [1.82, 2.24) is 5.32 Å². The Morgan fingerprint density at radius 3 is 2.19 bits per heavy atom. The van der Waals surface area contributed by atoms with E-state index in [1.807, 2.05) is 0 Å². The smallest absolute Gasteiger partial charge is 0.325 e. The highest BCUT2D eigenvalue weighted by molar-refractivity contribution is 6.74. The molecule has 0 aliphatic heterocycles. The lowest BCUT2D eigenvalue weighted by atomic mass is 10.2. The molecule has 0 aromatic carbocycles. The number of likely N-dealkylation sites (N-methyl/N-ethyl adjacent to an activating group) is 1. The van der Waals surface area contributed by atoms with Crippen molar-refractivity contribution in [3.05, 3.63) is 0 Å². The Balaban J connectivity index is 4.37. The van der Waals surface area contributed by atoms with Crippen molar-refractivity contribution in [3.8, 4) is 0 Å². The molecular formula is C11H25NO3Si. The van der Waals surface area contributed by atoms with Gasteiger partial charge in [0.15, 0.2) is 8.32 Å². The van der Waals surface area contributed by atoms with Crippen LogP contribution in [-0.4, -0.2) is 41.1 Å². The monoisotopic (exact) mass is 247 g/mol. The molecule has 5 heteroatoms. The maximum atomic E-state index is 11.4. The largest absolute Gasteiger partial charge is 0.468 e. The molecule has 0 aliphatic rings. The molecule has 0 fully saturated rings. The van der Waals surface area contributed by atoms with Gasteiger partial charge in [0.25, 0.3) is 0 Å². The molecule has 1 N–H and O–H groups in total. The number of rotatable bonds is 5. The van der Waals surface area contributed by atoms with Gasteiger partial charge in [-0.3, -0.25) is 4.79 Å². The number of esters is 1. The summed E-state index contributed by atoms with van der Waals surface area (Å²) in [4.78, 5) is 11.4. The summed E-state index contributed by atoms with van der Waals surface area (Å²) in [6.07, 6.45) is 0. The highest BCUT2D eigenvalue weighted by atomic mass is 28.4. The zero-order chi connectivity index (χ0) is 13.0. The van der Waals surface area contributed by atoms with Crippen LogP contribution in [0.15, 0.2) is 0 Å². The van der Waals surface area contributed by atoms with Crippen LogP contribution in [0.1, 0.15) is 20.8 Å². The van der Waals surface area contributed by atoms with E-state index in [2.05, 4.69) is 43.9 Å². The molecule has 0 aliphatic carbocycles. The molecule has 4 nitrogen and oxygen atoms in total. The third-order valence-electron chi connectivity index (χ3n) is 3.25. The Labute approximate surface area is 99.8 Å². The topological polar surface area (TPSA) is 47.6 Å². The third kappa shape index (κ3) is 4.23. The van der Waals surface area contributed by atoms with Crippen LogP contribution in [0.4, 0.5) is 0 Å². The minimum absolute atomic E-state index is 0.154. The number of methoxy groups -OCH3 is 1. The van der Waals surface area contributed by atoms with Crippen LogP contribution in [0.25, 0.3) is 0 Å². The van der Waals surface area contributed by atoms with E-state index in [0.717, 1.165) is 0 Å². The van der Waals surface area contributed by atoms with Crippen LogP contribution in [0.5, 0.6) is 0 Å². The molecule has 0 bridgehead atoms. The summed E-state index contributed by atoms with van der Waals surface area (Å²) < 4.78 is 10.6. The minimum atomic E-state index is -1.79. The number of ether oxygens (including phenoxy) is 1. The van der Waals surface area contributed by atoms with Crippen LogP contribution in [0.2, 0.25) is 18.1 Å². The third-order valence-corrected chi connectivity index (χ3v) is 7.75. The normalized spacial score (nSPS) is 14.7. The first-order valence-corrected chi connectivity index (χ1v) is 8.45. The van der Waals surface area contributed by atoms with Gasteiger partial charge < -0.3 is 14.5 Å². The summed E-state index contributed by atoms with van der Waals surface area (Å²) in [7, 11) is 1.33. The lowest BCUT2D eigenvalue weighted by Gasteiger charge is -2.36. The van der Waals surface area contributed by atoms with Crippen molar-refractivity contribution in [2.24, 2.45) is 0 Å². The highest BCUT2D eigenvalue weighted by Crippen LogP contribution is 2.36. The van der Waals surface area contributed by atoms with E-state index in [0.29, 0.717) is 6.61 Å². The molecule has 96 valence electrons. The van der Waals surface area contributed by atoms with E-state index < -0.39 is 8.32 Å². The van der Waals surface area contributed by atoms with Crippen LogP contribution < -0.4 is 5.32 Å². The average Bonchev–Trinajstić information content (AvgIpc) is 2.16. The molecule has 0 aromatic heterocycles. The van der Waals surface area contributed by atoms with Gasteiger partial charge in [0.05, 0.1) is 13.7 Å². The number of nitrogens with one attached hydrogen (secondary N) is 1. The Morgan fingerprint density at radius 1 is 1.38 bits per heavy atom. The molecular weight excluding hydrogens is 222 g/mol. The summed E-state index contributed by atoms with van der Waals surface area (Å²) >= 11 is 0. The second-order valence-electron chi connectivity index (χ2n) is 5.44. The second kappa shape index (κ2) is 5.79. The van der Waals surface area contributed by atoms with Gasteiger partial charge in [-0.1, -0.05) is 20.8 Å². The fourth-order valence-electron chi connectivity index (χ4n) is 0.920. The molecule has 0 amide bonds. The van der Waals surface area contributed by atoms with Gasteiger partial charge in [-0.25, -0.2) is 0 Å². The molecule has 0 rings (SSSR count). The maximum Gasteiger partial charge on any atom is 0.325 e. The van der Waals surface area contributed by atoms with Crippen LogP contribution in [-0.2, 0) is 14.0 Å². The Hall–Kier alpha value is -0.393. The molecule has 0 unspecified atom stereocenters. The van der Waals surface area contributed by atoms with Gasteiger partial charge in [-0.05, 0) is 25.2 Å². The van der Waals surface area contributed by atoms with Crippen LogP contribution in [0, 0.1) is 0 Å².